The molecule has 0 saturated carbocycles. The van der Waals surface area contributed by atoms with Crippen molar-refractivity contribution in [3.05, 3.63) is 35.9 Å². The molecule has 2 aromatic rings. The predicted molar refractivity (Wildman–Crippen MR) is 118 cm³/mol. The highest BCUT2D eigenvalue weighted by Crippen LogP contribution is 2.42. The standard InChI is InChI=1S/C23H24N4O5/c24-23(12-19(29)30)6-8-26(9-7-23)14-10-13-2-1-3-16-20(13)15(11-14)22(32)27(16)17-4-5-18(28)25-21(17)31/h1-3,10-11,17H,4-9,12,24H2,(H,29,30)(H,25,28,31). The van der Waals surface area contributed by atoms with E-state index in [0.717, 1.165) is 16.5 Å². The van der Waals surface area contributed by atoms with Gasteiger partial charge in [-0.05, 0) is 42.8 Å². The molecule has 3 aliphatic heterocycles. The van der Waals surface area contributed by atoms with Gasteiger partial charge in [-0.3, -0.25) is 29.4 Å². The van der Waals surface area contributed by atoms with Crippen LogP contribution in [0.2, 0.25) is 0 Å². The highest BCUT2D eigenvalue weighted by molar-refractivity contribution is 6.27. The number of carboxylic acids is 1. The fourth-order valence-corrected chi connectivity index (χ4v) is 5.11. The Bertz CT molecular complexity index is 1170. The summed E-state index contributed by atoms with van der Waals surface area (Å²) < 4.78 is 0. The topological polar surface area (TPSA) is 133 Å². The van der Waals surface area contributed by atoms with Crippen LogP contribution in [0, 0.1) is 0 Å². The first kappa shape index (κ1) is 20.4. The molecule has 9 nitrogen and oxygen atoms in total. The lowest BCUT2D eigenvalue weighted by molar-refractivity contribution is -0.138. The van der Waals surface area contributed by atoms with Crippen molar-refractivity contribution in [3.8, 4) is 0 Å². The van der Waals surface area contributed by atoms with Crippen LogP contribution in [0.5, 0.6) is 0 Å². The first-order chi connectivity index (χ1) is 15.3. The second-order valence-electron chi connectivity index (χ2n) is 8.93. The van der Waals surface area contributed by atoms with Gasteiger partial charge < -0.3 is 15.7 Å². The Balaban J connectivity index is 1.46. The van der Waals surface area contributed by atoms with Gasteiger partial charge in [0, 0.05) is 36.1 Å². The molecule has 2 aromatic carbocycles. The zero-order valence-corrected chi connectivity index (χ0v) is 17.5. The third kappa shape index (κ3) is 3.29. The van der Waals surface area contributed by atoms with Crippen LogP contribution in [-0.4, -0.2) is 53.5 Å². The van der Waals surface area contributed by atoms with Gasteiger partial charge in [-0.1, -0.05) is 12.1 Å². The molecule has 3 amide bonds. The molecule has 0 aromatic heterocycles. The highest BCUT2D eigenvalue weighted by atomic mass is 16.4. The number of anilines is 2. The summed E-state index contributed by atoms with van der Waals surface area (Å²) in [6, 6.07) is 8.78. The van der Waals surface area contributed by atoms with Gasteiger partial charge >= 0.3 is 5.97 Å². The van der Waals surface area contributed by atoms with Crippen molar-refractivity contribution < 1.29 is 24.3 Å². The average Bonchev–Trinajstić information content (AvgIpc) is 3.01. The lowest BCUT2D eigenvalue weighted by Crippen LogP contribution is -2.53. The average molecular weight is 436 g/mol. The number of nitrogens with two attached hydrogens (primary N) is 1. The van der Waals surface area contributed by atoms with Crippen molar-refractivity contribution in [2.24, 2.45) is 5.73 Å². The van der Waals surface area contributed by atoms with Crippen LogP contribution in [0.4, 0.5) is 11.4 Å². The fourth-order valence-electron chi connectivity index (χ4n) is 5.11. The van der Waals surface area contributed by atoms with Gasteiger partial charge in [0.05, 0.1) is 17.7 Å². The number of nitrogens with one attached hydrogen (secondary N) is 1. The summed E-state index contributed by atoms with van der Waals surface area (Å²) in [5.41, 5.74) is 7.65. The zero-order chi connectivity index (χ0) is 22.6. The van der Waals surface area contributed by atoms with E-state index >= 15 is 0 Å². The van der Waals surface area contributed by atoms with E-state index in [-0.39, 0.29) is 24.7 Å². The van der Waals surface area contributed by atoms with E-state index in [4.69, 9.17) is 10.8 Å². The summed E-state index contributed by atoms with van der Waals surface area (Å²) in [7, 11) is 0. The van der Waals surface area contributed by atoms with Crippen molar-refractivity contribution in [2.75, 3.05) is 22.9 Å². The minimum atomic E-state index is -0.897. The Kier molecular flexibility index (Phi) is 4.67. The van der Waals surface area contributed by atoms with Gasteiger partial charge in [0.25, 0.3) is 5.91 Å². The van der Waals surface area contributed by atoms with E-state index in [1.54, 1.807) is 0 Å². The Morgan fingerprint density at radius 3 is 2.62 bits per heavy atom. The molecule has 0 aliphatic carbocycles. The van der Waals surface area contributed by atoms with Crippen LogP contribution in [0.1, 0.15) is 42.5 Å². The molecule has 1 atom stereocenters. The number of piperidine rings is 2. The Morgan fingerprint density at radius 2 is 1.94 bits per heavy atom. The van der Waals surface area contributed by atoms with Gasteiger partial charge in [-0.15, -0.1) is 0 Å². The highest BCUT2D eigenvalue weighted by Gasteiger charge is 2.41. The molecule has 3 aliphatic rings. The maximum atomic E-state index is 13.4. The first-order valence-electron chi connectivity index (χ1n) is 10.8. The van der Waals surface area contributed by atoms with E-state index in [0.29, 0.717) is 43.6 Å². The lowest BCUT2D eigenvalue weighted by Gasteiger charge is -2.39. The molecule has 1 unspecified atom stereocenters. The van der Waals surface area contributed by atoms with Gasteiger partial charge in [-0.25, -0.2) is 0 Å². The number of hydrogen-bond donors (Lipinski definition) is 3. The van der Waals surface area contributed by atoms with Gasteiger partial charge in [0.1, 0.15) is 6.04 Å². The minimum absolute atomic E-state index is 0.0629. The molecule has 5 rings (SSSR count). The lowest BCUT2D eigenvalue weighted by atomic mass is 9.85. The molecule has 3 heterocycles. The minimum Gasteiger partial charge on any atom is -0.481 e. The summed E-state index contributed by atoms with van der Waals surface area (Å²) >= 11 is 0. The number of benzene rings is 2. The van der Waals surface area contributed by atoms with Gasteiger partial charge in [0.15, 0.2) is 0 Å². The molecule has 32 heavy (non-hydrogen) atoms. The Labute approximate surface area is 184 Å². The summed E-state index contributed by atoms with van der Waals surface area (Å²) in [6.07, 6.45) is 1.52. The predicted octanol–water partition coefficient (Wildman–Crippen LogP) is 1.38. The van der Waals surface area contributed by atoms with Crippen molar-refractivity contribution >= 4 is 45.8 Å². The third-order valence-corrected chi connectivity index (χ3v) is 6.80. The summed E-state index contributed by atoms with van der Waals surface area (Å²) in [6.45, 7) is 1.19. The summed E-state index contributed by atoms with van der Waals surface area (Å²) in [4.78, 5) is 52.2. The van der Waals surface area contributed by atoms with Crippen molar-refractivity contribution in [1.29, 1.82) is 0 Å². The maximum absolute atomic E-state index is 13.4. The van der Waals surface area contributed by atoms with E-state index in [2.05, 4.69) is 10.2 Å². The molecule has 0 spiro atoms. The van der Waals surface area contributed by atoms with Gasteiger partial charge in [0.2, 0.25) is 11.8 Å². The van der Waals surface area contributed by atoms with Crippen LogP contribution in [0.25, 0.3) is 10.8 Å². The van der Waals surface area contributed by atoms with E-state index in [1.807, 2.05) is 30.3 Å². The number of carboxylic acid groups (broad SMARTS) is 1. The largest absolute Gasteiger partial charge is 0.481 e. The van der Waals surface area contributed by atoms with Crippen LogP contribution in [0.15, 0.2) is 30.3 Å². The molecular weight excluding hydrogens is 412 g/mol. The van der Waals surface area contributed by atoms with Crippen molar-refractivity contribution in [3.63, 3.8) is 0 Å². The molecule has 166 valence electrons. The number of carbonyl (C=O) groups is 4. The van der Waals surface area contributed by atoms with E-state index in [9.17, 15) is 19.2 Å². The second-order valence-corrected chi connectivity index (χ2v) is 8.93. The van der Waals surface area contributed by atoms with Crippen LogP contribution in [0.3, 0.4) is 0 Å². The number of imide groups is 1. The molecular formula is C23H24N4O5. The molecule has 0 radical (unpaired) electrons. The number of amides is 3. The van der Waals surface area contributed by atoms with Crippen molar-refractivity contribution in [2.45, 2.75) is 43.7 Å². The Morgan fingerprint density at radius 1 is 1.19 bits per heavy atom. The van der Waals surface area contributed by atoms with Crippen LogP contribution in [-0.2, 0) is 14.4 Å². The quantitative estimate of drug-likeness (QED) is 0.617. The normalized spacial score (nSPS) is 22.4. The number of aliphatic carboxylic acids is 1. The maximum Gasteiger partial charge on any atom is 0.305 e. The Hall–Kier alpha value is -3.46. The number of carbonyl (C=O) groups excluding carboxylic acids is 3. The molecule has 2 saturated heterocycles. The summed E-state index contributed by atoms with van der Waals surface area (Å²) in [5, 5.41) is 13.2. The molecule has 0 bridgehead atoms. The van der Waals surface area contributed by atoms with E-state index < -0.39 is 23.5 Å². The smallest absolute Gasteiger partial charge is 0.305 e. The number of nitrogens with zero attached hydrogens (tertiary/aromatic N) is 2. The van der Waals surface area contributed by atoms with Crippen LogP contribution < -0.4 is 20.9 Å². The third-order valence-electron chi connectivity index (χ3n) is 6.80. The molecule has 2 fully saturated rings. The van der Waals surface area contributed by atoms with E-state index in [1.165, 1.54) is 4.90 Å². The van der Waals surface area contributed by atoms with Crippen molar-refractivity contribution in [1.82, 2.24) is 5.32 Å². The zero-order valence-electron chi connectivity index (χ0n) is 17.5. The van der Waals surface area contributed by atoms with Crippen LogP contribution >= 0.6 is 0 Å². The number of rotatable bonds is 4. The monoisotopic (exact) mass is 436 g/mol. The summed E-state index contributed by atoms with van der Waals surface area (Å²) in [5.74, 6) is -1.91. The number of hydrogen-bond acceptors (Lipinski definition) is 6. The molecule has 4 N–H and O–H groups in total. The fraction of sp³-hybridized carbons (Fsp3) is 0.391. The second kappa shape index (κ2) is 7.30. The molecule has 9 heteroatoms. The van der Waals surface area contributed by atoms with Gasteiger partial charge in [-0.2, -0.15) is 0 Å². The SMILES string of the molecule is NC1(CC(=O)O)CCN(c2cc3c4c(cccc4c2)N(C2CCC(=O)NC2=O)C3=O)CC1. The first-order valence-corrected chi connectivity index (χ1v) is 10.8.